The van der Waals surface area contributed by atoms with Crippen LogP contribution in [0.5, 0.6) is 0 Å². The molecule has 0 aliphatic carbocycles. The molecular weight excluding hydrogens is 192 g/mol. The first-order valence-electron chi connectivity index (χ1n) is 4.49. The van der Waals surface area contributed by atoms with Gasteiger partial charge in [0.05, 0.1) is 0 Å². The second kappa shape index (κ2) is 4.36. The molecule has 0 saturated heterocycles. The Hall–Kier alpha value is -2.17. The normalized spacial score (nSPS) is 9.87. The molecule has 0 saturated carbocycles. The standard InChI is InChI=1S/C10H10N4O/c1-2-5-12-10-14-13-9(15-10)8-3-6-11-7-4-8/h2-4,6-7H,1,5H2,(H,12,14). The zero-order chi connectivity index (χ0) is 10.5. The highest BCUT2D eigenvalue weighted by Gasteiger charge is 2.06. The van der Waals surface area contributed by atoms with Crippen molar-refractivity contribution >= 4 is 6.01 Å². The molecule has 2 aromatic heterocycles. The van der Waals surface area contributed by atoms with Crippen LogP contribution in [0, 0.1) is 0 Å². The maximum atomic E-state index is 5.36. The molecule has 0 amide bonds. The van der Waals surface area contributed by atoms with Crippen LogP contribution in [-0.4, -0.2) is 21.7 Å². The van der Waals surface area contributed by atoms with E-state index in [1.165, 1.54) is 0 Å². The van der Waals surface area contributed by atoms with E-state index in [9.17, 15) is 0 Å². The lowest BCUT2D eigenvalue weighted by Crippen LogP contribution is -1.97. The van der Waals surface area contributed by atoms with Crippen molar-refractivity contribution in [1.82, 2.24) is 15.2 Å². The van der Waals surface area contributed by atoms with Crippen LogP contribution < -0.4 is 5.32 Å². The van der Waals surface area contributed by atoms with Gasteiger partial charge in [-0.25, -0.2) is 0 Å². The third kappa shape index (κ3) is 2.19. The summed E-state index contributed by atoms with van der Waals surface area (Å²) >= 11 is 0. The summed E-state index contributed by atoms with van der Waals surface area (Å²) in [5.74, 6) is 0.476. The Balaban J connectivity index is 2.17. The number of rotatable bonds is 4. The van der Waals surface area contributed by atoms with Gasteiger partial charge in [-0.05, 0) is 12.1 Å². The van der Waals surface area contributed by atoms with Gasteiger partial charge in [0.1, 0.15) is 0 Å². The summed E-state index contributed by atoms with van der Waals surface area (Å²) in [5.41, 5.74) is 0.851. The summed E-state index contributed by atoms with van der Waals surface area (Å²) in [6.45, 7) is 4.18. The molecule has 0 radical (unpaired) electrons. The maximum Gasteiger partial charge on any atom is 0.315 e. The van der Waals surface area contributed by atoms with Gasteiger partial charge < -0.3 is 9.73 Å². The molecule has 15 heavy (non-hydrogen) atoms. The van der Waals surface area contributed by atoms with Crippen molar-refractivity contribution in [1.29, 1.82) is 0 Å². The van der Waals surface area contributed by atoms with E-state index in [2.05, 4.69) is 27.1 Å². The second-order valence-electron chi connectivity index (χ2n) is 2.82. The van der Waals surface area contributed by atoms with Crippen molar-refractivity contribution in [2.24, 2.45) is 0 Å². The number of hydrogen-bond donors (Lipinski definition) is 1. The number of anilines is 1. The molecule has 2 heterocycles. The lowest BCUT2D eigenvalue weighted by molar-refractivity contribution is 0.583. The highest BCUT2D eigenvalue weighted by Crippen LogP contribution is 2.18. The van der Waals surface area contributed by atoms with E-state index in [1.54, 1.807) is 18.5 Å². The fourth-order valence-corrected chi connectivity index (χ4v) is 1.07. The molecule has 0 aliphatic rings. The summed E-state index contributed by atoms with van der Waals surface area (Å²) in [4.78, 5) is 3.91. The summed E-state index contributed by atoms with van der Waals surface area (Å²) < 4.78 is 5.36. The van der Waals surface area contributed by atoms with Crippen molar-refractivity contribution in [3.8, 4) is 11.5 Å². The number of hydrogen-bond acceptors (Lipinski definition) is 5. The van der Waals surface area contributed by atoms with Crippen LogP contribution >= 0.6 is 0 Å². The zero-order valence-corrected chi connectivity index (χ0v) is 8.05. The minimum Gasteiger partial charge on any atom is -0.403 e. The molecule has 0 fully saturated rings. The molecule has 0 atom stereocenters. The van der Waals surface area contributed by atoms with Gasteiger partial charge in [-0.15, -0.1) is 11.7 Å². The summed E-state index contributed by atoms with van der Waals surface area (Å²) in [7, 11) is 0. The van der Waals surface area contributed by atoms with Crippen LogP contribution in [-0.2, 0) is 0 Å². The smallest absolute Gasteiger partial charge is 0.315 e. The van der Waals surface area contributed by atoms with Gasteiger partial charge in [-0.2, -0.15) is 0 Å². The fraction of sp³-hybridized carbons (Fsp3) is 0.100. The lowest BCUT2D eigenvalue weighted by atomic mass is 10.3. The summed E-state index contributed by atoms with van der Waals surface area (Å²) in [5, 5.41) is 10.6. The van der Waals surface area contributed by atoms with Crippen LogP contribution in [0.3, 0.4) is 0 Å². The molecule has 1 N–H and O–H groups in total. The van der Waals surface area contributed by atoms with Crippen LogP contribution in [0.1, 0.15) is 0 Å². The van der Waals surface area contributed by atoms with Gasteiger partial charge in [-0.3, -0.25) is 4.98 Å². The van der Waals surface area contributed by atoms with Crippen LogP contribution in [0.4, 0.5) is 6.01 Å². The number of nitrogens with zero attached hydrogens (tertiary/aromatic N) is 3. The molecule has 76 valence electrons. The van der Waals surface area contributed by atoms with Gasteiger partial charge in [0.25, 0.3) is 0 Å². The monoisotopic (exact) mass is 202 g/mol. The van der Waals surface area contributed by atoms with E-state index in [-0.39, 0.29) is 0 Å². The third-order valence-electron chi connectivity index (χ3n) is 1.75. The van der Waals surface area contributed by atoms with E-state index >= 15 is 0 Å². The predicted octanol–water partition coefficient (Wildman–Crippen LogP) is 1.73. The molecule has 0 unspecified atom stereocenters. The van der Waals surface area contributed by atoms with E-state index in [0.29, 0.717) is 18.5 Å². The molecule has 0 aromatic carbocycles. The number of nitrogens with one attached hydrogen (secondary N) is 1. The largest absolute Gasteiger partial charge is 0.403 e. The average Bonchev–Trinajstić information content (AvgIpc) is 2.76. The van der Waals surface area contributed by atoms with Crippen molar-refractivity contribution in [3.63, 3.8) is 0 Å². The van der Waals surface area contributed by atoms with Crippen molar-refractivity contribution in [3.05, 3.63) is 37.2 Å². The Bertz CT molecular complexity index is 438. The third-order valence-corrected chi connectivity index (χ3v) is 1.75. The van der Waals surface area contributed by atoms with E-state index in [4.69, 9.17) is 4.42 Å². The van der Waals surface area contributed by atoms with Gasteiger partial charge in [0.2, 0.25) is 5.89 Å². The molecular formula is C10H10N4O. The minimum atomic E-state index is 0.390. The Morgan fingerprint density at radius 2 is 2.13 bits per heavy atom. The average molecular weight is 202 g/mol. The van der Waals surface area contributed by atoms with Gasteiger partial charge >= 0.3 is 6.01 Å². The Labute approximate surface area is 86.9 Å². The van der Waals surface area contributed by atoms with Crippen molar-refractivity contribution < 1.29 is 4.42 Å². The first-order chi connectivity index (χ1) is 7.40. The summed E-state index contributed by atoms with van der Waals surface area (Å²) in [6, 6.07) is 4.01. The van der Waals surface area contributed by atoms with Gasteiger partial charge in [0.15, 0.2) is 0 Å². The Morgan fingerprint density at radius 3 is 2.87 bits per heavy atom. The Morgan fingerprint density at radius 1 is 1.33 bits per heavy atom. The van der Waals surface area contributed by atoms with E-state index in [1.807, 2.05) is 12.1 Å². The van der Waals surface area contributed by atoms with Crippen LogP contribution in [0.2, 0.25) is 0 Å². The molecule has 0 aliphatic heterocycles. The van der Waals surface area contributed by atoms with Crippen LogP contribution in [0.15, 0.2) is 41.6 Å². The van der Waals surface area contributed by atoms with E-state index < -0.39 is 0 Å². The molecule has 0 bridgehead atoms. The topological polar surface area (TPSA) is 63.8 Å². The molecule has 5 nitrogen and oxygen atoms in total. The molecule has 0 spiro atoms. The molecule has 2 aromatic rings. The highest BCUT2D eigenvalue weighted by molar-refractivity contribution is 5.51. The molecule has 5 heteroatoms. The summed E-state index contributed by atoms with van der Waals surface area (Å²) in [6.07, 6.45) is 5.07. The minimum absolute atomic E-state index is 0.390. The zero-order valence-electron chi connectivity index (χ0n) is 8.05. The quantitative estimate of drug-likeness (QED) is 0.765. The van der Waals surface area contributed by atoms with Crippen LogP contribution in [0.25, 0.3) is 11.5 Å². The fourth-order valence-electron chi connectivity index (χ4n) is 1.07. The maximum absolute atomic E-state index is 5.36. The van der Waals surface area contributed by atoms with Crippen molar-refractivity contribution in [2.75, 3.05) is 11.9 Å². The lowest BCUT2D eigenvalue weighted by Gasteiger charge is -1.93. The second-order valence-corrected chi connectivity index (χ2v) is 2.82. The predicted molar refractivity (Wildman–Crippen MR) is 56.2 cm³/mol. The van der Waals surface area contributed by atoms with Gasteiger partial charge in [0, 0.05) is 24.5 Å². The molecule has 2 rings (SSSR count). The number of aromatic nitrogens is 3. The van der Waals surface area contributed by atoms with E-state index in [0.717, 1.165) is 5.56 Å². The highest BCUT2D eigenvalue weighted by atomic mass is 16.4. The van der Waals surface area contributed by atoms with Crippen molar-refractivity contribution in [2.45, 2.75) is 0 Å². The number of pyridine rings is 1. The first kappa shape index (κ1) is 9.39. The van der Waals surface area contributed by atoms with Gasteiger partial charge in [-0.1, -0.05) is 11.2 Å². The SMILES string of the molecule is C=CCNc1nnc(-c2ccncc2)o1. The first-order valence-corrected chi connectivity index (χ1v) is 4.49. The Kier molecular flexibility index (Phi) is 2.73.